The normalized spacial score (nSPS) is 17.3. The minimum atomic E-state index is -0.539. The molecule has 0 unspecified atom stereocenters. The van der Waals surface area contributed by atoms with E-state index in [4.69, 9.17) is 0 Å². The molecule has 3 rings (SSSR count). The predicted octanol–water partition coefficient (Wildman–Crippen LogP) is 3.82. The third-order valence-corrected chi connectivity index (χ3v) is 5.21. The minimum Gasteiger partial charge on any atom is -0.306 e. The molecule has 0 saturated carbocycles. The second-order valence-electron chi connectivity index (χ2n) is 5.65. The summed E-state index contributed by atoms with van der Waals surface area (Å²) < 4.78 is 26.6. The first-order valence-electron chi connectivity index (χ1n) is 7.19. The van der Waals surface area contributed by atoms with Crippen molar-refractivity contribution < 1.29 is 8.78 Å². The second kappa shape index (κ2) is 6.20. The summed E-state index contributed by atoms with van der Waals surface area (Å²) >= 11 is 1.66. The Kier molecular flexibility index (Phi) is 4.31. The molecule has 0 amide bonds. The average Bonchev–Trinajstić information content (AvgIpc) is 2.91. The number of hydrogen-bond acceptors (Lipinski definition) is 3. The van der Waals surface area contributed by atoms with Crippen LogP contribution in [0.1, 0.15) is 34.2 Å². The molecule has 112 valence electrons. The van der Waals surface area contributed by atoms with Gasteiger partial charge in [-0.05, 0) is 50.5 Å². The molecule has 2 nitrogen and oxygen atoms in total. The van der Waals surface area contributed by atoms with Crippen LogP contribution in [0.2, 0.25) is 0 Å². The zero-order valence-corrected chi connectivity index (χ0v) is 12.8. The first kappa shape index (κ1) is 14.6. The summed E-state index contributed by atoms with van der Waals surface area (Å²) in [5.74, 6) is -0.459. The van der Waals surface area contributed by atoms with E-state index in [1.165, 1.54) is 17.0 Å². The van der Waals surface area contributed by atoms with Crippen molar-refractivity contribution in [2.45, 2.75) is 25.2 Å². The molecule has 0 atom stereocenters. The Balaban J connectivity index is 1.70. The summed E-state index contributed by atoms with van der Waals surface area (Å²) in [6.45, 7) is 2.23. The molecule has 21 heavy (non-hydrogen) atoms. The number of aromatic nitrogens is 1. The fourth-order valence-corrected chi connectivity index (χ4v) is 3.83. The molecule has 1 aliphatic rings. The van der Waals surface area contributed by atoms with Gasteiger partial charge in [0.05, 0.1) is 5.01 Å². The van der Waals surface area contributed by atoms with Crippen molar-refractivity contribution >= 4 is 11.3 Å². The van der Waals surface area contributed by atoms with Gasteiger partial charge in [0.25, 0.3) is 0 Å². The third-order valence-electron chi connectivity index (χ3n) is 4.05. The molecule has 5 heteroatoms. The van der Waals surface area contributed by atoms with Crippen LogP contribution in [0.5, 0.6) is 0 Å². The van der Waals surface area contributed by atoms with Crippen LogP contribution >= 0.6 is 11.3 Å². The smallest absolute Gasteiger partial charge is 0.129 e. The number of rotatable bonds is 3. The van der Waals surface area contributed by atoms with E-state index in [0.29, 0.717) is 17.9 Å². The molecular formula is C16H18F2N2S. The zero-order chi connectivity index (χ0) is 14.8. The van der Waals surface area contributed by atoms with Crippen molar-refractivity contribution in [2.75, 3.05) is 20.1 Å². The monoisotopic (exact) mass is 308 g/mol. The molecule has 0 N–H and O–H groups in total. The Morgan fingerprint density at radius 2 is 2.05 bits per heavy atom. The molecule has 0 aliphatic carbocycles. The lowest BCUT2D eigenvalue weighted by Gasteiger charge is -2.27. The van der Waals surface area contributed by atoms with Crippen molar-refractivity contribution in [3.63, 3.8) is 0 Å². The summed E-state index contributed by atoms with van der Waals surface area (Å²) in [7, 11) is 2.14. The largest absolute Gasteiger partial charge is 0.306 e. The van der Waals surface area contributed by atoms with Gasteiger partial charge in [0.15, 0.2) is 0 Å². The Bertz CT molecular complexity index is 618. The number of nitrogens with zero attached hydrogens (tertiary/aromatic N) is 2. The van der Waals surface area contributed by atoms with E-state index >= 15 is 0 Å². The molecule has 1 aromatic heterocycles. The Hall–Kier alpha value is -1.33. The number of thiazole rings is 1. The first-order valence-corrected chi connectivity index (χ1v) is 8.00. The number of halogens is 2. The number of piperidine rings is 1. The molecule has 1 aromatic carbocycles. The van der Waals surface area contributed by atoms with Crippen LogP contribution < -0.4 is 0 Å². The van der Waals surface area contributed by atoms with E-state index in [1.807, 2.05) is 6.20 Å². The highest BCUT2D eigenvalue weighted by Gasteiger charge is 2.20. The van der Waals surface area contributed by atoms with Crippen LogP contribution in [0.4, 0.5) is 8.78 Å². The highest BCUT2D eigenvalue weighted by Crippen LogP contribution is 2.32. The Labute approximate surface area is 127 Å². The Morgan fingerprint density at radius 1 is 1.29 bits per heavy atom. The van der Waals surface area contributed by atoms with Gasteiger partial charge in [0.2, 0.25) is 0 Å². The van der Waals surface area contributed by atoms with Crippen LogP contribution in [0.25, 0.3) is 0 Å². The number of benzene rings is 1. The summed E-state index contributed by atoms with van der Waals surface area (Å²) in [4.78, 5) is 8.05. The fraction of sp³-hybridized carbons (Fsp3) is 0.438. The Morgan fingerprint density at radius 3 is 2.76 bits per heavy atom. The third kappa shape index (κ3) is 3.47. The van der Waals surface area contributed by atoms with Gasteiger partial charge >= 0.3 is 0 Å². The van der Waals surface area contributed by atoms with Crippen LogP contribution in [0.15, 0.2) is 24.4 Å². The fourth-order valence-electron chi connectivity index (χ4n) is 2.72. The maximum absolute atomic E-state index is 13.7. The lowest BCUT2D eigenvalue weighted by Crippen LogP contribution is -2.28. The van der Waals surface area contributed by atoms with Crippen LogP contribution in [0, 0.1) is 11.6 Å². The topological polar surface area (TPSA) is 16.1 Å². The van der Waals surface area contributed by atoms with E-state index in [9.17, 15) is 8.78 Å². The van der Waals surface area contributed by atoms with Gasteiger partial charge in [-0.2, -0.15) is 0 Å². The van der Waals surface area contributed by atoms with Crippen LogP contribution in [0.3, 0.4) is 0 Å². The second-order valence-corrected chi connectivity index (χ2v) is 6.79. The summed E-state index contributed by atoms with van der Waals surface area (Å²) in [6.07, 6.45) is 4.67. The molecule has 0 bridgehead atoms. The lowest BCUT2D eigenvalue weighted by molar-refractivity contribution is 0.257. The molecule has 0 radical (unpaired) electrons. The van der Waals surface area contributed by atoms with Crippen molar-refractivity contribution in [2.24, 2.45) is 0 Å². The molecule has 1 aliphatic heterocycles. The van der Waals surface area contributed by atoms with Gasteiger partial charge < -0.3 is 4.90 Å². The highest BCUT2D eigenvalue weighted by molar-refractivity contribution is 7.11. The minimum absolute atomic E-state index is 0.434. The van der Waals surface area contributed by atoms with E-state index in [2.05, 4.69) is 16.9 Å². The highest BCUT2D eigenvalue weighted by atomic mass is 32.1. The van der Waals surface area contributed by atoms with Gasteiger partial charge in [-0.3, -0.25) is 0 Å². The lowest BCUT2D eigenvalue weighted by atomic mass is 9.96. The van der Waals surface area contributed by atoms with Gasteiger partial charge in [-0.25, -0.2) is 13.8 Å². The van der Waals surface area contributed by atoms with Gasteiger partial charge in [-0.15, -0.1) is 11.3 Å². The van der Waals surface area contributed by atoms with Crippen molar-refractivity contribution in [3.8, 4) is 0 Å². The first-order chi connectivity index (χ1) is 10.1. The van der Waals surface area contributed by atoms with E-state index in [-0.39, 0.29) is 0 Å². The SMILES string of the molecule is CN1CCC(c2cnc(Cc3ccc(F)cc3F)s2)CC1. The standard InChI is InChI=1S/C16H18F2N2S/c1-20-6-4-11(5-7-20)15-10-19-16(21-15)8-12-2-3-13(17)9-14(12)18/h2-3,9-11H,4-8H2,1H3. The molecule has 2 aromatic rings. The van der Waals surface area contributed by atoms with Crippen LogP contribution in [-0.4, -0.2) is 30.0 Å². The van der Waals surface area contributed by atoms with Gasteiger partial charge in [0.1, 0.15) is 11.6 Å². The van der Waals surface area contributed by atoms with Crippen molar-refractivity contribution in [3.05, 3.63) is 51.5 Å². The molecular weight excluding hydrogens is 290 g/mol. The summed E-state index contributed by atoms with van der Waals surface area (Å²) in [5, 5.41) is 0.898. The van der Waals surface area contributed by atoms with Crippen molar-refractivity contribution in [1.82, 2.24) is 9.88 Å². The van der Waals surface area contributed by atoms with E-state index in [1.54, 1.807) is 11.3 Å². The zero-order valence-electron chi connectivity index (χ0n) is 12.0. The van der Waals surface area contributed by atoms with Crippen molar-refractivity contribution in [1.29, 1.82) is 0 Å². The maximum Gasteiger partial charge on any atom is 0.129 e. The summed E-state index contributed by atoms with van der Waals surface area (Å²) in [5.41, 5.74) is 0.501. The quantitative estimate of drug-likeness (QED) is 0.857. The molecule has 1 fully saturated rings. The van der Waals surface area contributed by atoms with Gasteiger partial charge in [0, 0.05) is 23.6 Å². The number of hydrogen-bond donors (Lipinski definition) is 0. The van der Waals surface area contributed by atoms with E-state index in [0.717, 1.165) is 37.0 Å². The van der Waals surface area contributed by atoms with Gasteiger partial charge in [-0.1, -0.05) is 6.07 Å². The molecule has 0 spiro atoms. The maximum atomic E-state index is 13.7. The van der Waals surface area contributed by atoms with E-state index < -0.39 is 11.6 Å². The molecule has 1 saturated heterocycles. The number of likely N-dealkylation sites (tertiary alicyclic amines) is 1. The molecule has 2 heterocycles. The average molecular weight is 308 g/mol. The summed E-state index contributed by atoms with van der Waals surface area (Å²) in [6, 6.07) is 3.73. The van der Waals surface area contributed by atoms with Crippen LogP contribution in [-0.2, 0) is 6.42 Å². The predicted molar refractivity (Wildman–Crippen MR) is 80.8 cm³/mol.